The third kappa shape index (κ3) is 38.2. The van der Waals surface area contributed by atoms with Gasteiger partial charge in [-0.15, -0.1) is 0 Å². The van der Waals surface area contributed by atoms with Crippen LogP contribution >= 0.6 is 7.82 Å². The van der Waals surface area contributed by atoms with E-state index in [1.165, 1.54) is 103 Å². The fourth-order valence-electron chi connectivity index (χ4n) is 5.89. The zero-order valence-electron chi connectivity index (χ0n) is 33.6. The van der Waals surface area contributed by atoms with Crippen molar-refractivity contribution in [3.05, 3.63) is 24.3 Å². The normalized spacial score (nSPS) is 13.5. The van der Waals surface area contributed by atoms with Crippen LogP contribution in [0.25, 0.3) is 0 Å². The SMILES string of the molecule is CCCC/C=C\C/C=C\CCCCCCCC(=O)OC[C@H](COP(=O)(O)OCCN)OC(=O)CCCCCCCCCCCCCCCCCCC. The van der Waals surface area contributed by atoms with Crippen LogP contribution < -0.4 is 5.73 Å². The summed E-state index contributed by atoms with van der Waals surface area (Å²) in [6.45, 7) is 3.69. The Morgan fingerprint density at radius 3 is 1.52 bits per heavy atom. The fraction of sp³-hybridized carbons (Fsp3) is 0.857. The number of nitrogens with two attached hydrogens (primary N) is 1. The van der Waals surface area contributed by atoms with Crippen LogP contribution in [-0.4, -0.2) is 49.3 Å². The van der Waals surface area contributed by atoms with Crippen molar-refractivity contribution in [3.63, 3.8) is 0 Å². The molecular formula is C42H80NO8P. The molecule has 0 bridgehead atoms. The molecule has 0 aromatic heterocycles. The predicted molar refractivity (Wildman–Crippen MR) is 215 cm³/mol. The van der Waals surface area contributed by atoms with Crippen LogP contribution in [-0.2, 0) is 32.7 Å². The number of phosphoric acid groups is 1. The topological polar surface area (TPSA) is 134 Å². The largest absolute Gasteiger partial charge is 0.472 e. The molecule has 9 nitrogen and oxygen atoms in total. The van der Waals surface area contributed by atoms with E-state index < -0.39 is 32.5 Å². The molecule has 0 aliphatic carbocycles. The second-order valence-corrected chi connectivity index (χ2v) is 15.7. The summed E-state index contributed by atoms with van der Waals surface area (Å²) in [5.41, 5.74) is 5.34. The molecule has 2 atom stereocenters. The van der Waals surface area contributed by atoms with Crippen LogP contribution in [0.3, 0.4) is 0 Å². The smallest absolute Gasteiger partial charge is 0.462 e. The summed E-state index contributed by atoms with van der Waals surface area (Å²) in [7, 11) is -4.37. The van der Waals surface area contributed by atoms with E-state index in [-0.39, 0.29) is 32.6 Å². The van der Waals surface area contributed by atoms with Gasteiger partial charge in [0.2, 0.25) is 0 Å². The quantitative estimate of drug-likeness (QED) is 0.0271. The average molecular weight is 758 g/mol. The molecule has 1 unspecified atom stereocenters. The number of hydrogen-bond donors (Lipinski definition) is 2. The molecule has 0 heterocycles. The van der Waals surface area contributed by atoms with E-state index >= 15 is 0 Å². The van der Waals surface area contributed by atoms with Gasteiger partial charge in [0, 0.05) is 19.4 Å². The van der Waals surface area contributed by atoms with Crippen LogP contribution in [0.5, 0.6) is 0 Å². The maximum atomic E-state index is 12.6. The lowest BCUT2D eigenvalue weighted by molar-refractivity contribution is -0.161. The van der Waals surface area contributed by atoms with Gasteiger partial charge < -0.3 is 20.1 Å². The minimum Gasteiger partial charge on any atom is -0.462 e. The minimum absolute atomic E-state index is 0.0530. The molecule has 0 aliphatic heterocycles. The van der Waals surface area contributed by atoms with Gasteiger partial charge in [0.25, 0.3) is 0 Å². The van der Waals surface area contributed by atoms with Crippen LogP contribution in [0, 0.1) is 0 Å². The molecule has 0 aliphatic rings. The van der Waals surface area contributed by atoms with E-state index in [2.05, 4.69) is 38.2 Å². The van der Waals surface area contributed by atoms with Gasteiger partial charge in [-0.2, -0.15) is 0 Å². The van der Waals surface area contributed by atoms with Gasteiger partial charge in [-0.1, -0.05) is 173 Å². The van der Waals surface area contributed by atoms with Gasteiger partial charge in [-0.05, 0) is 38.5 Å². The van der Waals surface area contributed by atoms with Gasteiger partial charge in [0.15, 0.2) is 6.10 Å². The first-order valence-electron chi connectivity index (χ1n) is 21.3. The van der Waals surface area contributed by atoms with E-state index in [0.717, 1.165) is 64.2 Å². The molecule has 3 N–H and O–H groups in total. The molecular weight excluding hydrogens is 677 g/mol. The summed E-state index contributed by atoms with van der Waals surface area (Å²) in [5.74, 6) is -0.838. The minimum atomic E-state index is -4.37. The Morgan fingerprint density at radius 1 is 0.577 bits per heavy atom. The van der Waals surface area contributed by atoms with Crippen molar-refractivity contribution >= 4 is 19.8 Å². The summed E-state index contributed by atoms with van der Waals surface area (Å²) in [6, 6.07) is 0. The monoisotopic (exact) mass is 758 g/mol. The number of hydrogen-bond acceptors (Lipinski definition) is 8. The highest BCUT2D eigenvalue weighted by Crippen LogP contribution is 2.43. The molecule has 0 amide bonds. The maximum Gasteiger partial charge on any atom is 0.472 e. The third-order valence-corrected chi connectivity index (χ3v) is 10.1. The van der Waals surface area contributed by atoms with Crippen molar-refractivity contribution in [3.8, 4) is 0 Å². The molecule has 52 heavy (non-hydrogen) atoms. The lowest BCUT2D eigenvalue weighted by atomic mass is 10.0. The standard InChI is InChI=1S/C42H80NO8P/c1-3-5-7-9-11-13-15-17-19-20-21-23-25-27-29-31-33-35-42(45)51-40(39-50-52(46,47)49-37-36-43)38-48-41(44)34-32-30-28-26-24-22-18-16-14-12-10-8-6-4-2/h10,12,16,18,40H,3-9,11,13-15,17,19-39,43H2,1-2H3,(H,46,47)/b12-10-,18-16-/t40-/m1/s1. The number of phosphoric ester groups is 1. The van der Waals surface area contributed by atoms with Gasteiger partial charge in [0.05, 0.1) is 13.2 Å². The van der Waals surface area contributed by atoms with E-state index in [9.17, 15) is 19.0 Å². The lowest BCUT2D eigenvalue weighted by Gasteiger charge is -2.19. The summed E-state index contributed by atoms with van der Waals surface area (Å²) >= 11 is 0. The van der Waals surface area contributed by atoms with Gasteiger partial charge >= 0.3 is 19.8 Å². The number of carbonyl (C=O) groups is 2. The van der Waals surface area contributed by atoms with E-state index in [0.29, 0.717) is 6.42 Å². The Bertz CT molecular complexity index is 912. The summed E-state index contributed by atoms with van der Waals surface area (Å²) in [6.07, 6.45) is 40.6. The molecule has 0 fully saturated rings. The third-order valence-electron chi connectivity index (χ3n) is 9.09. The second kappa shape index (κ2) is 39.2. The number of allylic oxidation sites excluding steroid dienone is 4. The first kappa shape index (κ1) is 50.5. The molecule has 306 valence electrons. The lowest BCUT2D eigenvalue weighted by Crippen LogP contribution is -2.29. The van der Waals surface area contributed by atoms with Gasteiger partial charge in [-0.25, -0.2) is 4.57 Å². The number of rotatable bonds is 40. The van der Waals surface area contributed by atoms with Crippen molar-refractivity contribution in [2.75, 3.05) is 26.4 Å². The van der Waals surface area contributed by atoms with Gasteiger partial charge in [0.1, 0.15) is 6.61 Å². The first-order chi connectivity index (χ1) is 25.3. The van der Waals surface area contributed by atoms with E-state index in [4.69, 9.17) is 24.3 Å². The Kier molecular flexibility index (Phi) is 38.1. The number of ether oxygens (including phenoxy) is 2. The Hall–Kier alpha value is -1.51. The molecule has 0 saturated heterocycles. The second-order valence-electron chi connectivity index (χ2n) is 14.2. The highest BCUT2D eigenvalue weighted by atomic mass is 31.2. The maximum absolute atomic E-state index is 12.6. The molecule has 0 saturated carbocycles. The molecule has 0 aromatic carbocycles. The van der Waals surface area contributed by atoms with E-state index in [1.807, 2.05) is 0 Å². The molecule has 0 aromatic rings. The van der Waals surface area contributed by atoms with E-state index in [1.54, 1.807) is 0 Å². The van der Waals surface area contributed by atoms with Crippen LogP contribution in [0.2, 0.25) is 0 Å². The van der Waals surface area contributed by atoms with Crippen molar-refractivity contribution < 1.29 is 37.6 Å². The van der Waals surface area contributed by atoms with Crippen molar-refractivity contribution in [1.29, 1.82) is 0 Å². The summed E-state index contributed by atoms with van der Waals surface area (Å²) < 4.78 is 32.7. The van der Waals surface area contributed by atoms with Gasteiger partial charge in [-0.3, -0.25) is 18.6 Å². The molecule has 10 heteroatoms. The highest BCUT2D eigenvalue weighted by Gasteiger charge is 2.26. The van der Waals surface area contributed by atoms with Crippen molar-refractivity contribution in [2.24, 2.45) is 5.73 Å². The Balaban J connectivity index is 4.15. The summed E-state index contributed by atoms with van der Waals surface area (Å²) in [4.78, 5) is 34.8. The predicted octanol–water partition coefficient (Wildman–Crippen LogP) is 12.0. The number of unbranched alkanes of at least 4 members (excludes halogenated alkanes) is 23. The first-order valence-corrected chi connectivity index (χ1v) is 22.8. The van der Waals surface area contributed by atoms with Crippen LogP contribution in [0.15, 0.2) is 24.3 Å². The molecule has 0 rings (SSSR count). The number of carbonyl (C=O) groups excluding carboxylic acids is 2. The molecule has 0 spiro atoms. The Morgan fingerprint density at radius 2 is 1.02 bits per heavy atom. The van der Waals surface area contributed by atoms with Crippen molar-refractivity contribution in [2.45, 2.75) is 206 Å². The molecule has 0 radical (unpaired) electrons. The zero-order valence-corrected chi connectivity index (χ0v) is 34.4. The number of esters is 2. The summed E-state index contributed by atoms with van der Waals surface area (Å²) in [5, 5.41) is 0. The van der Waals surface area contributed by atoms with Crippen molar-refractivity contribution in [1.82, 2.24) is 0 Å². The average Bonchev–Trinajstić information content (AvgIpc) is 3.13. The van der Waals surface area contributed by atoms with Crippen LogP contribution in [0.1, 0.15) is 200 Å². The highest BCUT2D eigenvalue weighted by molar-refractivity contribution is 7.47. The zero-order chi connectivity index (χ0) is 38.2. The van der Waals surface area contributed by atoms with Crippen LogP contribution in [0.4, 0.5) is 0 Å². The Labute approximate surface area is 319 Å². The fourth-order valence-corrected chi connectivity index (χ4v) is 6.65.